The molecule has 0 saturated heterocycles. The summed E-state index contributed by atoms with van der Waals surface area (Å²) in [6.45, 7) is 4.09. The van der Waals surface area contributed by atoms with Gasteiger partial charge in [0.1, 0.15) is 6.33 Å². The Balaban J connectivity index is 1.75. The van der Waals surface area contributed by atoms with Gasteiger partial charge in [0.15, 0.2) is 11.5 Å². The van der Waals surface area contributed by atoms with Crippen molar-refractivity contribution >= 4 is 11.7 Å². The van der Waals surface area contributed by atoms with Crippen molar-refractivity contribution in [2.24, 2.45) is 0 Å². The SMILES string of the molecule is COc1cc(CNC(=O)Cc2c(C)nc3ncnn3c2C)cc(OC)c1OC. The number of hydrogen-bond donors (Lipinski definition) is 1. The molecule has 0 spiro atoms. The minimum absolute atomic E-state index is 0.124. The number of aromatic nitrogens is 4. The first kappa shape index (κ1) is 19.4. The maximum Gasteiger partial charge on any atom is 0.252 e. The zero-order chi connectivity index (χ0) is 20.3. The summed E-state index contributed by atoms with van der Waals surface area (Å²) in [5, 5.41) is 7.07. The number of nitrogens with one attached hydrogen (secondary N) is 1. The molecule has 0 fully saturated rings. The molecule has 1 amide bonds. The number of ether oxygens (including phenoxy) is 3. The number of nitrogens with zero attached hydrogens (tertiary/aromatic N) is 4. The van der Waals surface area contributed by atoms with Crippen LogP contribution in [0, 0.1) is 13.8 Å². The maximum absolute atomic E-state index is 12.5. The highest BCUT2D eigenvalue weighted by Gasteiger charge is 2.16. The Morgan fingerprint density at radius 3 is 2.39 bits per heavy atom. The van der Waals surface area contributed by atoms with E-state index >= 15 is 0 Å². The van der Waals surface area contributed by atoms with Crippen molar-refractivity contribution in [2.45, 2.75) is 26.8 Å². The summed E-state index contributed by atoms with van der Waals surface area (Å²) in [6.07, 6.45) is 1.65. The van der Waals surface area contributed by atoms with E-state index in [-0.39, 0.29) is 12.3 Å². The van der Waals surface area contributed by atoms with E-state index in [4.69, 9.17) is 14.2 Å². The number of fused-ring (bicyclic) bond motifs is 1. The van der Waals surface area contributed by atoms with Crippen LogP contribution >= 0.6 is 0 Å². The molecule has 0 atom stereocenters. The molecule has 28 heavy (non-hydrogen) atoms. The number of carbonyl (C=O) groups excluding carboxylic acids is 1. The smallest absolute Gasteiger partial charge is 0.252 e. The number of benzene rings is 1. The summed E-state index contributed by atoms with van der Waals surface area (Å²) in [6, 6.07) is 3.61. The molecule has 0 aliphatic heterocycles. The van der Waals surface area contributed by atoms with E-state index in [0.717, 1.165) is 22.5 Å². The largest absolute Gasteiger partial charge is 0.493 e. The van der Waals surface area contributed by atoms with Crippen LogP contribution in [0.1, 0.15) is 22.5 Å². The van der Waals surface area contributed by atoms with E-state index in [2.05, 4.69) is 20.4 Å². The fourth-order valence-corrected chi connectivity index (χ4v) is 3.07. The quantitative estimate of drug-likeness (QED) is 0.660. The highest BCUT2D eigenvalue weighted by molar-refractivity contribution is 5.79. The molecule has 0 unspecified atom stereocenters. The standard InChI is InChI=1S/C19H23N5O4/c1-11-14(12(2)24-19(23-11)21-10-22-24)8-17(25)20-9-13-6-15(26-3)18(28-5)16(7-13)27-4/h6-7,10H,8-9H2,1-5H3,(H,20,25). The van der Waals surface area contributed by atoms with Gasteiger partial charge in [0.2, 0.25) is 11.7 Å². The molecule has 3 aromatic rings. The second-order valence-corrected chi connectivity index (χ2v) is 6.22. The average molecular weight is 385 g/mol. The lowest BCUT2D eigenvalue weighted by Crippen LogP contribution is -2.26. The first-order chi connectivity index (χ1) is 13.5. The van der Waals surface area contributed by atoms with Crippen LogP contribution in [0.2, 0.25) is 0 Å². The predicted molar refractivity (Wildman–Crippen MR) is 102 cm³/mol. The molecule has 0 saturated carbocycles. The summed E-state index contributed by atoms with van der Waals surface area (Å²) >= 11 is 0. The minimum atomic E-state index is -0.124. The van der Waals surface area contributed by atoms with Crippen molar-refractivity contribution < 1.29 is 19.0 Å². The molecule has 3 rings (SSSR count). The van der Waals surface area contributed by atoms with Crippen molar-refractivity contribution in [3.8, 4) is 17.2 Å². The Morgan fingerprint density at radius 1 is 1.11 bits per heavy atom. The number of hydrogen-bond acceptors (Lipinski definition) is 7. The monoisotopic (exact) mass is 385 g/mol. The van der Waals surface area contributed by atoms with Crippen LogP contribution in [0.4, 0.5) is 0 Å². The van der Waals surface area contributed by atoms with Crippen molar-refractivity contribution in [3.05, 3.63) is 41.0 Å². The third-order valence-electron chi connectivity index (χ3n) is 4.54. The van der Waals surface area contributed by atoms with Gasteiger partial charge in [0, 0.05) is 23.5 Å². The fraction of sp³-hybridized carbons (Fsp3) is 0.368. The van der Waals surface area contributed by atoms with E-state index in [0.29, 0.717) is 29.6 Å². The lowest BCUT2D eigenvalue weighted by molar-refractivity contribution is -0.120. The maximum atomic E-state index is 12.5. The lowest BCUT2D eigenvalue weighted by Gasteiger charge is -2.15. The molecular formula is C19H23N5O4. The van der Waals surface area contributed by atoms with Gasteiger partial charge in [-0.05, 0) is 31.5 Å². The van der Waals surface area contributed by atoms with Gasteiger partial charge in [0.05, 0.1) is 27.8 Å². The molecule has 9 nitrogen and oxygen atoms in total. The zero-order valence-corrected chi connectivity index (χ0v) is 16.6. The Labute approximate surface area is 162 Å². The van der Waals surface area contributed by atoms with E-state index in [9.17, 15) is 4.79 Å². The minimum Gasteiger partial charge on any atom is -0.493 e. The van der Waals surface area contributed by atoms with Crippen LogP contribution in [0.15, 0.2) is 18.5 Å². The number of methoxy groups -OCH3 is 3. The van der Waals surface area contributed by atoms with Crippen LogP contribution in [0.25, 0.3) is 5.78 Å². The molecule has 2 heterocycles. The van der Waals surface area contributed by atoms with Crippen molar-refractivity contribution in [1.82, 2.24) is 24.9 Å². The second kappa shape index (κ2) is 8.12. The predicted octanol–water partition coefficient (Wildman–Crippen LogP) is 1.63. The van der Waals surface area contributed by atoms with Gasteiger partial charge < -0.3 is 19.5 Å². The summed E-state index contributed by atoms with van der Waals surface area (Å²) in [5.74, 6) is 1.99. The normalized spacial score (nSPS) is 10.8. The number of aryl methyl sites for hydroxylation is 2. The van der Waals surface area contributed by atoms with Gasteiger partial charge in [-0.3, -0.25) is 4.79 Å². The first-order valence-electron chi connectivity index (χ1n) is 8.69. The average Bonchev–Trinajstić information content (AvgIpc) is 3.17. The molecule has 9 heteroatoms. The molecule has 0 radical (unpaired) electrons. The van der Waals surface area contributed by atoms with Gasteiger partial charge in [-0.15, -0.1) is 0 Å². The summed E-state index contributed by atoms with van der Waals surface area (Å²) in [5.41, 5.74) is 3.28. The van der Waals surface area contributed by atoms with Gasteiger partial charge in [-0.2, -0.15) is 10.1 Å². The Bertz CT molecular complexity index is 990. The summed E-state index contributed by atoms with van der Waals surface area (Å²) < 4.78 is 17.6. The molecule has 1 aromatic carbocycles. The Kier molecular flexibility index (Phi) is 5.62. The van der Waals surface area contributed by atoms with E-state index in [1.807, 2.05) is 13.8 Å². The molecule has 148 valence electrons. The van der Waals surface area contributed by atoms with Crippen molar-refractivity contribution in [2.75, 3.05) is 21.3 Å². The van der Waals surface area contributed by atoms with Crippen LogP contribution < -0.4 is 19.5 Å². The van der Waals surface area contributed by atoms with Gasteiger partial charge in [0.25, 0.3) is 5.78 Å². The first-order valence-corrected chi connectivity index (χ1v) is 8.69. The molecule has 1 N–H and O–H groups in total. The van der Waals surface area contributed by atoms with Gasteiger partial charge in [-0.25, -0.2) is 9.50 Å². The highest BCUT2D eigenvalue weighted by Crippen LogP contribution is 2.38. The lowest BCUT2D eigenvalue weighted by atomic mass is 10.1. The van der Waals surface area contributed by atoms with Crippen molar-refractivity contribution in [3.63, 3.8) is 0 Å². The van der Waals surface area contributed by atoms with Crippen LogP contribution in [0.5, 0.6) is 17.2 Å². The fourth-order valence-electron chi connectivity index (χ4n) is 3.07. The van der Waals surface area contributed by atoms with Crippen LogP contribution in [-0.4, -0.2) is 46.8 Å². The highest BCUT2D eigenvalue weighted by atomic mass is 16.5. The molecular weight excluding hydrogens is 362 g/mol. The Hall–Kier alpha value is -3.36. The van der Waals surface area contributed by atoms with Crippen LogP contribution in [-0.2, 0) is 17.8 Å². The van der Waals surface area contributed by atoms with Gasteiger partial charge in [-0.1, -0.05) is 0 Å². The van der Waals surface area contributed by atoms with Crippen LogP contribution in [0.3, 0.4) is 0 Å². The van der Waals surface area contributed by atoms with E-state index < -0.39 is 0 Å². The number of amides is 1. The van der Waals surface area contributed by atoms with E-state index in [1.54, 1.807) is 38.0 Å². The van der Waals surface area contributed by atoms with Gasteiger partial charge >= 0.3 is 0 Å². The summed E-state index contributed by atoms with van der Waals surface area (Å²) in [4.78, 5) is 21.0. The Morgan fingerprint density at radius 2 is 1.79 bits per heavy atom. The summed E-state index contributed by atoms with van der Waals surface area (Å²) in [7, 11) is 4.66. The van der Waals surface area contributed by atoms with Crippen molar-refractivity contribution in [1.29, 1.82) is 0 Å². The number of rotatable bonds is 7. The topological polar surface area (TPSA) is 99.9 Å². The van der Waals surface area contributed by atoms with E-state index in [1.165, 1.54) is 6.33 Å². The molecule has 2 aromatic heterocycles. The third kappa shape index (κ3) is 3.68. The number of carbonyl (C=O) groups is 1. The molecule has 0 aliphatic carbocycles. The third-order valence-corrected chi connectivity index (χ3v) is 4.54. The molecule has 0 bridgehead atoms. The second-order valence-electron chi connectivity index (χ2n) is 6.22. The molecule has 0 aliphatic rings. The zero-order valence-electron chi connectivity index (χ0n) is 16.6.